The average Bonchev–Trinajstić information content (AvgIpc) is 3.07. The molecule has 1 aromatic carbocycles. The van der Waals surface area contributed by atoms with Crippen molar-refractivity contribution in [1.82, 2.24) is 15.5 Å². The molecule has 1 aliphatic rings. The molecule has 0 saturated carbocycles. The van der Waals surface area contributed by atoms with Gasteiger partial charge in [-0.3, -0.25) is 15.0 Å². The molecule has 24 heavy (non-hydrogen) atoms. The predicted molar refractivity (Wildman–Crippen MR) is 98.0 cm³/mol. The summed E-state index contributed by atoms with van der Waals surface area (Å²) in [7, 11) is 0. The van der Waals surface area contributed by atoms with E-state index in [9.17, 15) is 9.59 Å². The number of benzene rings is 1. The highest BCUT2D eigenvalue weighted by molar-refractivity contribution is 7.99. The van der Waals surface area contributed by atoms with Crippen molar-refractivity contribution in [1.29, 1.82) is 0 Å². The molecule has 130 valence electrons. The minimum atomic E-state index is -0.470. The Balaban J connectivity index is 1.74. The number of carbonyl (C=O) groups is 2. The molecule has 0 aromatic heterocycles. The lowest BCUT2D eigenvalue weighted by molar-refractivity contribution is -0.124. The van der Waals surface area contributed by atoms with Crippen molar-refractivity contribution in [2.75, 3.05) is 25.4 Å². The van der Waals surface area contributed by atoms with Crippen molar-refractivity contribution >= 4 is 23.7 Å². The topological polar surface area (TPSA) is 61.4 Å². The molecule has 1 heterocycles. The zero-order valence-corrected chi connectivity index (χ0v) is 14.8. The zero-order chi connectivity index (χ0) is 17.4. The summed E-state index contributed by atoms with van der Waals surface area (Å²) in [5.74, 6) is 1.36. The summed E-state index contributed by atoms with van der Waals surface area (Å²) in [5, 5.41) is 4.93. The van der Waals surface area contributed by atoms with Gasteiger partial charge >= 0.3 is 6.03 Å². The normalized spacial score (nSPS) is 18.8. The number of imide groups is 1. The quantitative estimate of drug-likeness (QED) is 0.588. The second-order valence-corrected chi connectivity index (χ2v) is 7.03. The molecule has 3 amide bonds. The van der Waals surface area contributed by atoms with Crippen molar-refractivity contribution in [3.05, 3.63) is 43.0 Å². The molecule has 6 heteroatoms. The lowest BCUT2D eigenvalue weighted by atomic mass is 10.2. The Kier molecular flexibility index (Phi) is 7.34. The number of nitrogens with one attached hydrogen (secondary N) is 2. The smallest absolute Gasteiger partial charge is 0.321 e. The van der Waals surface area contributed by atoms with Gasteiger partial charge in [0.1, 0.15) is 0 Å². The SMILES string of the molecule is C=CCNC(=O)NC(=O)[C@@H](C)N1CC[C@@H](CSc2ccccc2)C1. The number of rotatable bonds is 7. The van der Waals surface area contributed by atoms with Gasteiger partial charge in [-0.05, 0) is 37.9 Å². The summed E-state index contributed by atoms with van der Waals surface area (Å²) in [6.07, 6.45) is 2.66. The van der Waals surface area contributed by atoms with Crippen LogP contribution in [-0.2, 0) is 4.79 Å². The minimum absolute atomic E-state index is 0.257. The number of hydrogen-bond donors (Lipinski definition) is 2. The van der Waals surface area contributed by atoms with Crippen LogP contribution in [0.4, 0.5) is 4.79 Å². The zero-order valence-electron chi connectivity index (χ0n) is 14.0. The number of likely N-dealkylation sites (tertiary alicyclic amines) is 1. The number of nitrogens with zero attached hydrogens (tertiary/aromatic N) is 1. The van der Waals surface area contributed by atoms with Crippen LogP contribution in [0.15, 0.2) is 47.9 Å². The standard InChI is InChI=1S/C18H25N3O2S/c1-3-10-19-18(23)20-17(22)14(2)21-11-9-15(12-21)13-24-16-7-5-4-6-8-16/h3-8,14-15H,1,9-13H2,2H3,(H2,19,20,22,23)/t14-,15-/m1/s1. The van der Waals surface area contributed by atoms with Gasteiger partial charge in [0.2, 0.25) is 5.91 Å². The van der Waals surface area contributed by atoms with Crippen LogP contribution in [0.25, 0.3) is 0 Å². The molecule has 1 saturated heterocycles. The largest absolute Gasteiger partial charge is 0.334 e. The summed E-state index contributed by atoms with van der Waals surface area (Å²) in [5.41, 5.74) is 0. The molecule has 1 aromatic rings. The van der Waals surface area contributed by atoms with Crippen molar-refractivity contribution in [3.63, 3.8) is 0 Å². The third-order valence-electron chi connectivity index (χ3n) is 4.12. The lowest BCUT2D eigenvalue weighted by Crippen LogP contribution is -2.49. The molecule has 2 atom stereocenters. The monoisotopic (exact) mass is 347 g/mol. The molecule has 0 spiro atoms. The molecule has 0 bridgehead atoms. The van der Waals surface area contributed by atoms with Crippen LogP contribution in [0.5, 0.6) is 0 Å². The fraction of sp³-hybridized carbons (Fsp3) is 0.444. The maximum Gasteiger partial charge on any atom is 0.321 e. The Bertz CT molecular complexity index is 565. The Labute approximate surface area is 147 Å². The Morgan fingerprint density at radius 2 is 2.17 bits per heavy atom. The van der Waals surface area contributed by atoms with Gasteiger partial charge in [0.05, 0.1) is 6.04 Å². The van der Waals surface area contributed by atoms with Gasteiger partial charge in [0, 0.05) is 23.7 Å². The first-order valence-electron chi connectivity index (χ1n) is 8.21. The van der Waals surface area contributed by atoms with E-state index < -0.39 is 6.03 Å². The van der Waals surface area contributed by atoms with E-state index in [1.807, 2.05) is 36.9 Å². The first-order chi connectivity index (χ1) is 11.6. The highest BCUT2D eigenvalue weighted by Crippen LogP contribution is 2.26. The van der Waals surface area contributed by atoms with E-state index in [2.05, 4.69) is 34.2 Å². The van der Waals surface area contributed by atoms with Crippen molar-refractivity contribution in [2.45, 2.75) is 24.3 Å². The maximum absolute atomic E-state index is 12.1. The second-order valence-electron chi connectivity index (χ2n) is 5.94. The van der Waals surface area contributed by atoms with Gasteiger partial charge in [-0.25, -0.2) is 4.79 Å². The second kappa shape index (κ2) is 9.49. The molecular weight excluding hydrogens is 322 g/mol. The molecule has 0 radical (unpaired) electrons. The van der Waals surface area contributed by atoms with Crippen molar-refractivity contribution in [3.8, 4) is 0 Å². The van der Waals surface area contributed by atoms with Gasteiger partial charge in [0.15, 0.2) is 0 Å². The fourth-order valence-corrected chi connectivity index (χ4v) is 3.72. The van der Waals surface area contributed by atoms with E-state index in [0.717, 1.165) is 25.3 Å². The van der Waals surface area contributed by atoms with E-state index in [4.69, 9.17) is 0 Å². The first-order valence-corrected chi connectivity index (χ1v) is 9.20. The average molecular weight is 347 g/mol. The van der Waals surface area contributed by atoms with E-state index in [-0.39, 0.29) is 11.9 Å². The summed E-state index contributed by atoms with van der Waals surface area (Å²) >= 11 is 1.86. The number of carbonyl (C=O) groups excluding carboxylic acids is 2. The number of thioether (sulfide) groups is 1. The van der Waals surface area contributed by atoms with Crippen molar-refractivity contribution < 1.29 is 9.59 Å². The highest BCUT2D eigenvalue weighted by Gasteiger charge is 2.30. The van der Waals surface area contributed by atoms with E-state index in [0.29, 0.717) is 12.5 Å². The molecule has 2 N–H and O–H groups in total. The summed E-state index contributed by atoms with van der Waals surface area (Å²) in [4.78, 5) is 27.1. The van der Waals surface area contributed by atoms with E-state index in [1.165, 1.54) is 4.90 Å². The summed E-state index contributed by atoms with van der Waals surface area (Å²) in [6.45, 7) is 7.50. The fourth-order valence-electron chi connectivity index (χ4n) is 2.67. The van der Waals surface area contributed by atoms with E-state index in [1.54, 1.807) is 6.08 Å². The molecule has 5 nitrogen and oxygen atoms in total. The third kappa shape index (κ3) is 5.69. The van der Waals surface area contributed by atoms with Gasteiger partial charge < -0.3 is 5.32 Å². The first kappa shape index (κ1) is 18.5. The maximum atomic E-state index is 12.1. The van der Waals surface area contributed by atoms with Gasteiger partial charge in [0.25, 0.3) is 0 Å². The van der Waals surface area contributed by atoms with Crippen LogP contribution in [0.3, 0.4) is 0 Å². The summed E-state index contributed by atoms with van der Waals surface area (Å²) in [6, 6.07) is 9.59. The van der Waals surface area contributed by atoms with Crippen LogP contribution >= 0.6 is 11.8 Å². The Morgan fingerprint density at radius 1 is 1.42 bits per heavy atom. The Hall–Kier alpha value is -1.79. The highest BCUT2D eigenvalue weighted by atomic mass is 32.2. The molecule has 2 rings (SSSR count). The summed E-state index contributed by atoms with van der Waals surface area (Å²) < 4.78 is 0. The minimum Gasteiger partial charge on any atom is -0.334 e. The lowest BCUT2D eigenvalue weighted by Gasteiger charge is -2.23. The van der Waals surface area contributed by atoms with Crippen LogP contribution in [0, 0.1) is 5.92 Å². The Morgan fingerprint density at radius 3 is 2.88 bits per heavy atom. The van der Waals surface area contributed by atoms with Crippen LogP contribution in [0.1, 0.15) is 13.3 Å². The van der Waals surface area contributed by atoms with Crippen LogP contribution < -0.4 is 10.6 Å². The molecule has 0 unspecified atom stereocenters. The molecular formula is C18H25N3O2S. The number of amides is 3. The van der Waals surface area contributed by atoms with Gasteiger partial charge in [-0.1, -0.05) is 24.3 Å². The van der Waals surface area contributed by atoms with Gasteiger partial charge in [-0.15, -0.1) is 18.3 Å². The van der Waals surface area contributed by atoms with Crippen LogP contribution in [-0.4, -0.2) is 48.3 Å². The van der Waals surface area contributed by atoms with Gasteiger partial charge in [-0.2, -0.15) is 0 Å². The van der Waals surface area contributed by atoms with Crippen LogP contribution in [0.2, 0.25) is 0 Å². The van der Waals surface area contributed by atoms with Crippen molar-refractivity contribution in [2.24, 2.45) is 5.92 Å². The van der Waals surface area contributed by atoms with E-state index >= 15 is 0 Å². The third-order valence-corrected chi connectivity index (χ3v) is 5.36. The predicted octanol–water partition coefficient (Wildman–Crippen LogP) is 2.50. The number of hydrogen-bond acceptors (Lipinski definition) is 4. The molecule has 1 aliphatic heterocycles. The molecule has 1 fully saturated rings. The number of urea groups is 1. The molecule has 0 aliphatic carbocycles.